The third-order valence-corrected chi connectivity index (χ3v) is 5.87. The van der Waals surface area contributed by atoms with Crippen LogP contribution < -0.4 is 22.1 Å². The van der Waals surface area contributed by atoms with Gasteiger partial charge in [0, 0.05) is 41.0 Å². The van der Waals surface area contributed by atoms with Crippen molar-refractivity contribution in [2.24, 2.45) is 11.5 Å². The SMILES string of the molecule is CN(C)CCNc1nc(-c2ccccc2)nc(C(N)=O)c1-c1ccccc1C(=O)Nc1cccc(C(N)=O)c1. The molecule has 3 aromatic carbocycles. The van der Waals surface area contributed by atoms with Gasteiger partial charge in [-0.25, -0.2) is 9.97 Å². The predicted molar refractivity (Wildman–Crippen MR) is 151 cm³/mol. The lowest BCUT2D eigenvalue weighted by Gasteiger charge is -2.19. The fourth-order valence-corrected chi connectivity index (χ4v) is 3.98. The maximum absolute atomic E-state index is 13.5. The molecule has 0 saturated heterocycles. The average molecular weight is 524 g/mol. The molecule has 3 amide bonds. The van der Waals surface area contributed by atoms with Gasteiger partial charge in [-0.3, -0.25) is 14.4 Å². The van der Waals surface area contributed by atoms with E-state index in [0.717, 1.165) is 0 Å². The number of hydrogen-bond acceptors (Lipinski definition) is 7. The molecule has 10 heteroatoms. The van der Waals surface area contributed by atoms with Gasteiger partial charge < -0.3 is 27.0 Å². The van der Waals surface area contributed by atoms with Gasteiger partial charge in [-0.15, -0.1) is 0 Å². The molecule has 0 saturated carbocycles. The second-order valence-corrected chi connectivity index (χ2v) is 9.02. The van der Waals surface area contributed by atoms with Crippen LogP contribution in [0, 0.1) is 0 Å². The molecule has 0 aliphatic carbocycles. The maximum atomic E-state index is 13.5. The summed E-state index contributed by atoms with van der Waals surface area (Å²) in [6.45, 7) is 1.20. The van der Waals surface area contributed by atoms with Crippen LogP contribution in [-0.2, 0) is 0 Å². The van der Waals surface area contributed by atoms with Crippen LogP contribution in [0.25, 0.3) is 22.5 Å². The topological polar surface area (TPSA) is 156 Å². The first-order valence-electron chi connectivity index (χ1n) is 12.2. The number of amides is 3. The molecular weight excluding hydrogens is 494 g/mol. The molecule has 6 N–H and O–H groups in total. The standard InChI is InChI=1S/C29H29N7O3/c1-36(2)16-15-32-28-23(24(26(31)38)34-27(35-28)18-9-4-3-5-10-18)21-13-6-7-14-22(21)29(39)33-20-12-8-11-19(17-20)25(30)37/h3-14,17H,15-16H2,1-2H3,(H2,30,37)(H2,31,38)(H,33,39)(H,32,34,35). The highest BCUT2D eigenvalue weighted by Crippen LogP contribution is 2.34. The molecule has 4 rings (SSSR count). The van der Waals surface area contributed by atoms with E-state index in [0.29, 0.717) is 47.1 Å². The maximum Gasteiger partial charge on any atom is 0.268 e. The van der Waals surface area contributed by atoms with Gasteiger partial charge in [0.15, 0.2) is 5.82 Å². The quantitative estimate of drug-likeness (QED) is 0.249. The van der Waals surface area contributed by atoms with E-state index in [1.165, 1.54) is 6.07 Å². The summed E-state index contributed by atoms with van der Waals surface area (Å²) in [6.07, 6.45) is 0. The molecule has 0 atom stereocenters. The van der Waals surface area contributed by atoms with E-state index in [-0.39, 0.29) is 16.8 Å². The molecule has 1 aromatic heterocycles. The van der Waals surface area contributed by atoms with Gasteiger partial charge in [-0.05, 0) is 38.4 Å². The zero-order chi connectivity index (χ0) is 27.9. The van der Waals surface area contributed by atoms with Gasteiger partial charge in [0.05, 0.1) is 5.56 Å². The summed E-state index contributed by atoms with van der Waals surface area (Å²) in [4.78, 5) is 49.1. The summed E-state index contributed by atoms with van der Waals surface area (Å²) in [5.41, 5.74) is 13.5. The Balaban J connectivity index is 1.84. The third kappa shape index (κ3) is 6.43. The second kappa shape index (κ2) is 12.0. The van der Waals surface area contributed by atoms with Crippen LogP contribution in [0.4, 0.5) is 11.5 Å². The fraction of sp³-hybridized carbons (Fsp3) is 0.138. The first-order valence-corrected chi connectivity index (χ1v) is 12.2. The van der Waals surface area contributed by atoms with Crippen molar-refractivity contribution in [3.05, 3.63) is 95.7 Å². The molecule has 198 valence electrons. The van der Waals surface area contributed by atoms with Crippen LogP contribution in [0.3, 0.4) is 0 Å². The molecule has 0 fully saturated rings. The Bertz CT molecular complexity index is 1520. The van der Waals surface area contributed by atoms with Crippen molar-refractivity contribution in [2.75, 3.05) is 37.8 Å². The number of nitrogens with one attached hydrogen (secondary N) is 2. The van der Waals surface area contributed by atoms with Crippen LogP contribution in [0.15, 0.2) is 78.9 Å². The number of carbonyl (C=O) groups excluding carboxylic acids is 3. The zero-order valence-electron chi connectivity index (χ0n) is 21.6. The van der Waals surface area contributed by atoms with Crippen LogP contribution in [-0.4, -0.2) is 59.8 Å². The Kier molecular flexibility index (Phi) is 8.27. The van der Waals surface area contributed by atoms with Crippen LogP contribution >= 0.6 is 0 Å². The number of likely N-dealkylation sites (N-methyl/N-ethyl adjacent to an activating group) is 1. The molecular formula is C29H29N7O3. The molecule has 1 heterocycles. The normalized spacial score (nSPS) is 10.7. The minimum Gasteiger partial charge on any atom is -0.368 e. The highest BCUT2D eigenvalue weighted by Gasteiger charge is 2.24. The molecule has 39 heavy (non-hydrogen) atoms. The third-order valence-electron chi connectivity index (χ3n) is 5.87. The summed E-state index contributed by atoms with van der Waals surface area (Å²) in [7, 11) is 3.89. The number of primary amides is 2. The summed E-state index contributed by atoms with van der Waals surface area (Å²) in [5.74, 6) is -1.14. The van der Waals surface area contributed by atoms with Crippen molar-refractivity contribution in [2.45, 2.75) is 0 Å². The molecule has 0 unspecified atom stereocenters. The number of carbonyl (C=O) groups is 3. The number of nitrogens with two attached hydrogens (primary N) is 2. The number of aromatic nitrogens is 2. The molecule has 4 aromatic rings. The van der Waals surface area contributed by atoms with E-state index in [9.17, 15) is 14.4 Å². The van der Waals surface area contributed by atoms with E-state index in [2.05, 4.69) is 15.6 Å². The summed E-state index contributed by atoms with van der Waals surface area (Å²) in [5, 5.41) is 6.10. The number of hydrogen-bond donors (Lipinski definition) is 4. The van der Waals surface area contributed by atoms with E-state index < -0.39 is 17.7 Å². The number of anilines is 2. The largest absolute Gasteiger partial charge is 0.368 e. The summed E-state index contributed by atoms with van der Waals surface area (Å²) >= 11 is 0. The number of nitrogens with zero attached hydrogens (tertiary/aromatic N) is 3. The molecule has 0 spiro atoms. The molecule has 10 nitrogen and oxygen atoms in total. The first kappa shape index (κ1) is 27.0. The Hall–Kier alpha value is -5.09. The Labute approximate surface area is 226 Å². The minimum atomic E-state index is -0.760. The van der Waals surface area contributed by atoms with Crippen molar-refractivity contribution >= 4 is 29.2 Å². The van der Waals surface area contributed by atoms with Crippen LogP contribution in [0.5, 0.6) is 0 Å². The number of rotatable bonds is 10. The van der Waals surface area contributed by atoms with Crippen molar-refractivity contribution in [1.82, 2.24) is 14.9 Å². The Morgan fingerprint density at radius 2 is 1.56 bits per heavy atom. The molecule has 0 bridgehead atoms. The first-order chi connectivity index (χ1) is 18.7. The van der Waals surface area contributed by atoms with Gasteiger partial charge >= 0.3 is 0 Å². The molecule has 0 aliphatic rings. The minimum absolute atomic E-state index is 0.0211. The smallest absolute Gasteiger partial charge is 0.268 e. The number of benzene rings is 3. The highest BCUT2D eigenvalue weighted by molar-refractivity contribution is 6.12. The van der Waals surface area contributed by atoms with Crippen molar-refractivity contribution in [1.29, 1.82) is 0 Å². The molecule has 0 radical (unpaired) electrons. The van der Waals surface area contributed by atoms with Gasteiger partial charge in [-0.1, -0.05) is 54.6 Å². The van der Waals surface area contributed by atoms with Crippen molar-refractivity contribution in [3.63, 3.8) is 0 Å². The van der Waals surface area contributed by atoms with Crippen LogP contribution in [0.2, 0.25) is 0 Å². The summed E-state index contributed by atoms with van der Waals surface area (Å²) < 4.78 is 0. The van der Waals surface area contributed by atoms with E-state index in [1.54, 1.807) is 42.5 Å². The highest BCUT2D eigenvalue weighted by atomic mass is 16.2. The van der Waals surface area contributed by atoms with E-state index in [1.807, 2.05) is 49.3 Å². The monoisotopic (exact) mass is 523 g/mol. The Morgan fingerprint density at radius 1 is 0.846 bits per heavy atom. The average Bonchev–Trinajstić information content (AvgIpc) is 2.93. The lowest BCUT2D eigenvalue weighted by molar-refractivity contribution is 0.0989. The summed E-state index contributed by atoms with van der Waals surface area (Å²) in [6, 6.07) is 22.4. The van der Waals surface area contributed by atoms with Gasteiger partial charge in [-0.2, -0.15) is 0 Å². The Morgan fingerprint density at radius 3 is 2.26 bits per heavy atom. The lowest BCUT2D eigenvalue weighted by Crippen LogP contribution is -2.23. The molecule has 0 aliphatic heterocycles. The fourth-order valence-electron chi connectivity index (χ4n) is 3.98. The van der Waals surface area contributed by atoms with Crippen LogP contribution in [0.1, 0.15) is 31.2 Å². The van der Waals surface area contributed by atoms with Gasteiger partial charge in [0.25, 0.3) is 11.8 Å². The van der Waals surface area contributed by atoms with E-state index >= 15 is 0 Å². The van der Waals surface area contributed by atoms with Crippen molar-refractivity contribution < 1.29 is 14.4 Å². The van der Waals surface area contributed by atoms with Gasteiger partial charge in [0.2, 0.25) is 5.91 Å². The predicted octanol–water partition coefficient (Wildman–Crippen LogP) is 3.23. The lowest BCUT2D eigenvalue weighted by atomic mass is 9.97. The van der Waals surface area contributed by atoms with Crippen molar-refractivity contribution in [3.8, 4) is 22.5 Å². The zero-order valence-corrected chi connectivity index (χ0v) is 21.6. The second-order valence-electron chi connectivity index (χ2n) is 9.02. The van der Waals surface area contributed by atoms with E-state index in [4.69, 9.17) is 16.5 Å². The van der Waals surface area contributed by atoms with Gasteiger partial charge in [0.1, 0.15) is 11.5 Å².